The largest absolute Gasteiger partial charge is 0.384 e. The number of fused-ring (bicyclic) bond motifs is 1. The molecule has 0 saturated carbocycles. The molecule has 0 radical (unpaired) electrons. The molecule has 132 valence electrons. The van der Waals surface area contributed by atoms with Gasteiger partial charge in [0.2, 0.25) is 0 Å². The number of nitrogens with two attached hydrogens (primary N) is 1. The quantitative estimate of drug-likeness (QED) is 0.297. The molecule has 6 nitrogen and oxygen atoms in total. The Labute approximate surface area is 162 Å². The van der Waals surface area contributed by atoms with E-state index in [4.69, 9.17) is 5.73 Å². The van der Waals surface area contributed by atoms with E-state index in [9.17, 15) is 15.8 Å². The van der Waals surface area contributed by atoms with Crippen molar-refractivity contribution in [1.29, 1.82) is 15.8 Å². The molecule has 0 fully saturated rings. The molecule has 1 atom stereocenters. The average Bonchev–Trinajstić information content (AvgIpc) is 2.69. The van der Waals surface area contributed by atoms with Gasteiger partial charge in [-0.2, -0.15) is 15.8 Å². The van der Waals surface area contributed by atoms with Gasteiger partial charge in [0.1, 0.15) is 27.0 Å². The summed E-state index contributed by atoms with van der Waals surface area (Å²) < 4.78 is 0. The molecule has 1 aromatic heterocycles. The molecular weight excluding hydrogens is 376 g/mol. The predicted octanol–water partition coefficient (Wildman–Crippen LogP) is 4.67. The van der Waals surface area contributed by atoms with Crippen molar-refractivity contribution in [2.24, 2.45) is 0 Å². The first-order chi connectivity index (χ1) is 13.0. The summed E-state index contributed by atoms with van der Waals surface area (Å²) in [6.45, 7) is 2.01. The van der Waals surface area contributed by atoms with Crippen LogP contribution in [0.3, 0.4) is 0 Å². The molecule has 8 heteroatoms. The van der Waals surface area contributed by atoms with Gasteiger partial charge in [-0.1, -0.05) is 54.2 Å². The van der Waals surface area contributed by atoms with Gasteiger partial charge in [0.15, 0.2) is 5.16 Å². The number of hydrogen-bond donors (Lipinski definition) is 1. The molecule has 27 heavy (non-hydrogen) atoms. The lowest BCUT2D eigenvalue weighted by atomic mass is 10.1. The number of anilines is 1. The second-order valence-corrected chi connectivity index (χ2v) is 9.17. The zero-order valence-electron chi connectivity index (χ0n) is 14.3. The topological polar surface area (TPSA) is 123 Å². The van der Waals surface area contributed by atoms with Gasteiger partial charge in [-0.25, -0.2) is 9.97 Å². The van der Waals surface area contributed by atoms with E-state index < -0.39 is 10.0 Å². The van der Waals surface area contributed by atoms with Crippen molar-refractivity contribution in [2.75, 3.05) is 5.73 Å². The lowest BCUT2D eigenvalue weighted by Gasteiger charge is -2.16. The summed E-state index contributed by atoms with van der Waals surface area (Å²) in [4.78, 5) is 8.48. The van der Waals surface area contributed by atoms with E-state index in [1.165, 1.54) is 17.8 Å². The third-order valence-electron chi connectivity index (χ3n) is 3.95. The van der Waals surface area contributed by atoms with E-state index in [-0.39, 0.29) is 16.1 Å². The van der Waals surface area contributed by atoms with Crippen LogP contribution < -0.4 is 5.73 Å². The highest BCUT2D eigenvalue weighted by Crippen LogP contribution is 2.52. The molecule has 0 aliphatic rings. The fourth-order valence-corrected chi connectivity index (χ4v) is 4.41. The Kier molecular flexibility index (Phi) is 5.19. The van der Waals surface area contributed by atoms with Gasteiger partial charge in [-0.05, 0) is 23.3 Å². The van der Waals surface area contributed by atoms with Crippen LogP contribution in [0.5, 0.6) is 0 Å². The van der Waals surface area contributed by atoms with Crippen LogP contribution in [0.1, 0.15) is 17.7 Å². The van der Waals surface area contributed by atoms with Crippen molar-refractivity contribution in [2.45, 2.75) is 22.4 Å². The Balaban J connectivity index is 1.94. The van der Waals surface area contributed by atoms with Crippen molar-refractivity contribution < 1.29 is 0 Å². The maximum atomic E-state index is 9.31. The highest BCUT2D eigenvalue weighted by molar-refractivity contribution is 8.44. The summed E-state index contributed by atoms with van der Waals surface area (Å²) in [6.07, 6.45) is 0. The first-order valence-electron chi connectivity index (χ1n) is 7.87. The smallest absolute Gasteiger partial charge is 0.191 e. The van der Waals surface area contributed by atoms with Gasteiger partial charge in [-0.3, -0.25) is 0 Å². The predicted molar refractivity (Wildman–Crippen MR) is 107 cm³/mol. The maximum Gasteiger partial charge on any atom is 0.191 e. The minimum atomic E-state index is -2.99. The van der Waals surface area contributed by atoms with Crippen LogP contribution in [-0.4, -0.2) is 9.97 Å². The van der Waals surface area contributed by atoms with Gasteiger partial charge in [0, 0.05) is 11.3 Å². The Morgan fingerprint density at radius 2 is 1.63 bits per heavy atom. The molecule has 2 aromatic carbocycles. The van der Waals surface area contributed by atoms with Crippen molar-refractivity contribution >= 4 is 38.4 Å². The number of benzene rings is 2. The van der Waals surface area contributed by atoms with E-state index in [0.29, 0.717) is 5.16 Å². The zero-order chi connectivity index (χ0) is 19.4. The summed E-state index contributed by atoms with van der Waals surface area (Å²) in [7, 11) is -2.99. The van der Waals surface area contributed by atoms with Crippen LogP contribution in [-0.2, 0) is 0 Å². The Morgan fingerprint density at radius 1 is 0.963 bits per heavy atom. The van der Waals surface area contributed by atoms with E-state index in [0.717, 1.165) is 16.3 Å². The van der Waals surface area contributed by atoms with Crippen molar-refractivity contribution in [1.82, 2.24) is 9.97 Å². The van der Waals surface area contributed by atoms with E-state index in [1.54, 1.807) is 16.2 Å². The summed E-state index contributed by atoms with van der Waals surface area (Å²) >= 11 is 1.36. The maximum absolute atomic E-state index is 9.31. The van der Waals surface area contributed by atoms with Crippen LogP contribution in [0.15, 0.2) is 58.7 Å². The van der Waals surface area contributed by atoms with E-state index >= 15 is 0 Å². The zero-order valence-corrected chi connectivity index (χ0v) is 16.0. The summed E-state index contributed by atoms with van der Waals surface area (Å²) in [5, 5.41) is 36.0. The van der Waals surface area contributed by atoms with Crippen LogP contribution in [0, 0.1) is 32.0 Å². The molecule has 0 amide bonds. The summed E-state index contributed by atoms with van der Waals surface area (Å²) in [5.74, 6) is 0.130. The molecule has 3 rings (SSSR count). The number of rotatable bonds is 4. The average molecular weight is 390 g/mol. The number of nitrogens with zero attached hydrogens (tertiary/aromatic N) is 5. The summed E-state index contributed by atoms with van der Waals surface area (Å²) in [5.41, 5.74) is 6.92. The van der Waals surface area contributed by atoms with Gasteiger partial charge in [-0.15, -0.1) is 0 Å². The molecule has 1 heterocycles. The molecule has 2 N–H and O–H groups in total. The van der Waals surface area contributed by atoms with Gasteiger partial charge < -0.3 is 5.73 Å². The van der Waals surface area contributed by atoms with Crippen LogP contribution in [0.2, 0.25) is 0 Å². The van der Waals surface area contributed by atoms with Gasteiger partial charge >= 0.3 is 0 Å². The third kappa shape index (κ3) is 3.66. The SMILES string of the molecule is CC(Sc1nc(N)cc(S(C#N)(C#N)C#N)n1)c1ccc2ccccc2c1. The highest BCUT2D eigenvalue weighted by atomic mass is 32.3. The number of aromatic nitrogens is 2. The fraction of sp³-hybridized carbons (Fsp3) is 0.105. The van der Waals surface area contributed by atoms with Crippen LogP contribution in [0.25, 0.3) is 10.8 Å². The van der Waals surface area contributed by atoms with Crippen molar-refractivity contribution in [3.8, 4) is 16.2 Å². The molecule has 0 aliphatic heterocycles. The number of thiocyanates is 3. The second-order valence-electron chi connectivity index (χ2n) is 5.67. The Hall–Kier alpha value is -3.25. The molecule has 3 aromatic rings. The van der Waals surface area contributed by atoms with E-state index in [2.05, 4.69) is 34.2 Å². The molecule has 1 unspecified atom stereocenters. The molecule has 0 bridgehead atoms. The highest BCUT2D eigenvalue weighted by Gasteiger charge is 2.29. The van der Waals surface area contributed by atoms with Crippen LogP contribution in [0.4, 0.5) is 5.82 Å². The first-order valence-corrected chi connectivity index (χ1v) is 10.4. The third-order valence-corrected chi connectivity index (χ3v) is 6.63. The molecule has 0 aliphatic carbocycles. The van der Waals surface area contributed by atoms with Gasteiger partial charge in [0.25, 0.3) is 0 Å². The lowest BCUT2D eigenvalue weighted by molar-refractivity contribution is 0.890. The van der Waals surface area contributed by atoms with Crippen molar-refractivity contribution in [3.63, 3.8) is 0 Å². The van der Waals surface area contributed by atoms with Crippen LogP contribution >= 0.6 is 21.8 Å². The minimum Gasteiger partial charge on any atom is -0.384 e. The molecule has 0 saturated heterocycles. The first kappa shape index (κ1) is 18.5. The van der Waals surface area contributed by atoms with Gasteiger partial charge in [0.05, 0.1) is 10.0 Å². The number of nitriles is 3. The number of hydrogen-bond acceptors (Lipinski definition) is 7. The van der Waals surface area contributed by atoms with Crippen molar-refractivity contribution in [3.05, 3.63) is 54.1 Å². The van der Waals surface area contributed by atoms with E-state index in [1.807, 2.05) is 25.1 Å². The fourth-order valence-electron chi connectivity index (χ4n) is 2.52. The molecule has 0 spiro atoms. The lowest BCUT2D eigenvalue weighted by Crippen LogP contribution is -2.03. The molecular formula is C19H14N6S2. The Morgan fingerprint density at radius 3 is 2.30 bits per heavy atom. The normalized spacial score (nSPS) is 12.5. The second kappa shape index (κ2) is 7.55. The number of nitrogen functional groups attached to an aromatic ring is 1. The standard InChI is InChI=1S/C19H14N6S2/c1-13(15-7-6-14-4-2-3-5-16(14)8-15)26-19-24-17(23)9-18(25-19)27(10-20,11-21)12-22/h2-9,13H,1H3,(H2,23,24,25). The Bertz CT molecular complexity index is 1100. The number of thioether (sulfide) groups is 1. The summed E-state index contributed by atoms with van der Waals surface area (Å²) in [6, 6.07) is 15.6. The minimum absolute atomic E-state index is 0.0138. The monoisotopic (exact) mass is 390 g/mol.